The van der Waals surface area contributed by atoms with Crippen LogP contribution in [-0.4, -0.2) is 46.9 Å². The minimum Gasteiger partial charge on any atom is -0.375 e. The number of ether oxygens (including phenoxy) is 1. The second-order valence-corrected chi connectivity index (χ2v) is 7.62. The summed E-state index contributed by atoms with van der Waals surface area (Å²) >= 11 is 1.75. The number of carbonyl (C=O) groups excluding carboxylic acids is 1. The number of carbonyl (C=O) groups is 1. The Labute approximate surface area is 143 Å². The van der Waals surface area contributed by atoms with E-state index in [-0.39, 0.29) is 5.91 Å². The Morgan fingerprint density at radius 2 is 2.21 bits per heavy atom. The third kappa shape index (κ3) is 2.32. The third-order valence-corrected chi connectivity index (χ3v) is 6.10. The lowest BCUT2D eigenvalue weighted by molar-refractivity contribution is -0.117. The van der Waals surface area contributed by atoms with Crippen LogP contribution in [0.3, 0.4) is 0 Å². The van der Waals surface area contributed by atoms with Crippen molar-refractivity contribution in [2.75, 3.05) is 36.0 Å². The topological polar surface area (TPSA) is 63.5 Å². The Kier molecular flexibility index (Phi) is 3.34. The molecule has 0 aromatic carbocycles. The first-order chi connectivity index (χ1) is 11.8. The number of fused-ring (bicyclic) bond motifs is 1. The van der Waals surface area contributed by atoms with Crippen LogP contribution in [0, 0.1) is 0 Å². The molecule has 3 aliphatic rings. The number of amides is 1. The molecule has 0 bridgehead atoms. The van der Waals surface area contributed by atoms with Crippen molar-refractivity contribution in [3.8, 4) is 0 Å². The van der Waals surface area contributed by atoms with Gasteiger partial charge in [0.15, 0.2) is 5.13 Å². The zero-order valence-corrected chi connectivity index (χ0v) is 14.2. The van der Waals surface area contributed by atoms with Crippen LogP contribution in [0.1, 0.15) is 29.5 Å². The Balaban J connectivity index is 1.26. The summed E-state index contributed by atoms with van der Waals surface area (Å²) in [6.07, 6.45) is 6.34. The molecular formula is C16H19N5O2S. The normalized spacial score (nSPS) is 21.2. The van der Waals surface area contributed by atoms with Gasteiger partial charge in [-0.15, -0.1) is 0 Å². The van der Waals surface area contributed by atoms with Crippen molar-refractivity contribution >= 4 is 28.1 Å². The average Bonchev–Trinajstić information content (AvgIpc) is 3.24. The highest BCUT2D eigenvalue weighted by Crippen LogP contribution is 2.35. The quantitative estimate of drug-likeness (QED) is 0.845. The summed E-state index contributed by atoms with van der Waals surface area (Å²) in [4.78, 5) is 22.0. The summed E-state index contributed by atoms with van der Waals surface area (Å²) in [5.41, 5.74) is 2.14. The van der Waals surface area contributed by atoms with Crippen LogP contribution in [0.2, 0.25) is 0 Å². The molecule has 0 atom stereocenters. The van der Waals surface area contributed by atoms with Gasteiger partial charge in [-0.25, -0.2) is 4.98 Å². The molecule has 0 saturated carbocycles. The fraction of sp³-hybridized carbons (Fsp3) is 0.562. The van der Waals surface area contributed by atoms with Gasteiger partial charge in [-0.3, -0.25) is 9.48 Å². The van der Waals surface area contributed by atoms with Gasteiger partial charge in [-0.05, 0) is 6.42 Å². The molecule has 0 unspecified atom stereocenters. The monoisotopic (exact) mass is 345 g/mol. The van der Waals surface area contributed by atoms with Crippen LogP contribution in [-0.2, 0) is 22.6 Å². The molecule has 0 N–H and O–H groups in total. The van der Waals surface area contributed by atoms with E-state index >= 15 is 0 Å². The molecule has 2 fully saturated rings. The first-order valence-electron chi connectivity index (χ1n) is 8.44. The first kappa shape index (κ1) is 14.4. The number of hydrogen-bond donors (Lipinski definition) is 0. The van der Waals surface area contributed by atoms with E-state index in [1.165, 1.54) is 10.6 Å². The molecule has 24 heavy (non-hydrogen) atoms. The minimum atomic E-state index is 0.209. The Hall–Kier alpha value is -1.93. The predicted octanol–water partition coefficient (Wildman–Crippen LogP) is 1.60. The van der Waals surface area contributed by atoms with E-state index in [1.54, 1.807) is 11.3 Å². The van der Waals surface area contributed by atoms with Gasteiger partial charge in [0.25, 0.3) is 0 Å². The van der Waals surface area contributed by atoms with E-state index in [4.69, 9.17) is 9.72 Å². The van der Waals surface area contributed by atoms with Crippen LogP contribution in [0.15, 0.2) is 12.4 Å². The number of hydrogen-bond acceptors (Lipinski definition) is 6. The first-order valence-corrected chi connectivity index (χ1v) is 9.25. The average molecular weight is 345 g/mol. The summed E-state index contributed by atoms with van der Waals surface area (Å²) < 4.78 is 7.49. The van der Waals surface area contributed by atoms with Gasteiger partial charge in [-0.1, -0.05) is 11.3 Å². The SMILES string of the molecule is O=C1CCCN1c1cnn(C2CN(c3nc4c(s3)COCC4)C2)c1. The molecule has 2 aromatic rings. The molecular weight excluding hydrogens is 326 g/mol. The molecule has 5 heterocycles. The predicted molar refractivity (Wildman–Crippen MR) is 90.5 cm³/mol. The highest BCUT2D eigenvalue weighted by molar-refractivity contribution is 7.15. The lowest BCUT2D eigenvalue weighted by Crippen LogP contribution is -2.48. The van der Waals surface area contributed by atoms with E-state index in [0.29, 0.717) is 19.1 Å². The summed E-state index contributed by atoms with van der Waals surface area (Å²) in [5, 5.41) is 5.57. The Morgan fingerprint density at radius 3 is 3.00 bits per heavy atom. The fourth-order valence-electron chi connectivity index (χ4n) is 3.51. The number of nitrogens with zero attached hydrogens (tertiary/aromatic N) is 5. The van der Waals surface area contributed by atoms with Crippen molar-refractivity contribution in [1.29, 1.82) is 0 Å². The lowest BCUT2D eigenvalue weighted by atomic mass is 10.1. The summed E-state index contributed by atoms with van der Waals surface area (Å²) in [7, 11) is 0. The van der Waals surface area contributed by atoms with E-state index in [0.717, 1.165) is 49.9 Å². The molecule has 2 saturated heterocycles. The third-order valence-electron chi connectivity index (χ3n) is 4.96. The Bertz CT molecular complexity index is 756. The number of thiazole rings is 1. The molecule has 7 nitrogen and oxygen atoms in total. The standard InChI is InChI=1S/C16H19N5O2S/c22-15-2-1-4-20(15)11-6-17-21(9-11)12-7-19(8-12)16-18-13-3-5-23-10-14(13)24-16/h6,9,12H,1-5,7-8,10H2. The number of aromatic nitrogens is 3. The van der Waals surface area contributed by atoms with Crippen LogP contribution < -0.4 is 9.80 Å². The van der Waals surface area contributed by atoms with Crippen molar-refractivity contribution in [3.05, 3.63) is 23.0 Å². The second-order valence-electron chi connectivity index (χ2n) is 6.56. The van der Waals surface area contributed by atoms with Gasteiger partial charge in [-0.2, -0.15) is 5.10 Å². The summed E-state index contributed by atoms with van der Waals surface area (Å²) in [6, 6.07) is 0.355. The number of rotatable bonds is 3. The van der Waals surface area contributed by atoms with Gasteiger partial charge >= 0.3 is 0 Å². The maximum Gasteiger partial charge on any atom is 0.227 e. The minimum absolute atomic E-state index is 0.209. The van der Waals surface area contributed by atoms with Crippen molar-refractivity contribution in [2.24, 2.45) is 0 Å². The molecule has 5 rings (SSSR count). The summed E-state index contributed by atoms with van der Waals surface area (Å²) in [5.74, 6) is 0.209. The van der Waals surface area contributed by atoms with Gasteiger partial charge in [0, 0.05) is 38.7 Å². The number of anilines is 2. The van der Waals surface area contributed by atoms with E-state index in [2.05, 4.69) is 10.00 Å². The van der Waals surface area contributed by atoms with E-state index in [1.807, 2.05) is 22.0 Å². The maximum atomic E-state index is 11.8. The van der Waals surface area contributed by atoms with Gasteiger partial charge < -0.3 is 14.5 Å². The Morgan fingerprint density at radius 1 is 1.29 bits per heavy atom. The van der Waals surface area contributed by atoms with Crippen molar-refractivity contribution in [1.82, 2.24) is 14.8 Å². The largest absolute Gasteiger partial charge is 0.375 e. The van der Waals surface area contributed by atoms with Gasteiger partial charge in [0.05, 0.1) is 41.7 Å². The van der Waals surface area contributed by atoms with Crippen LogP contribution in [0.25, 0.3) is 0 Å². The highest BCUT2D eigenvalue weighted by Gasteiger charge is 2.33. The molecule has 0 spiro atoms. The zero-order chi connectivity index (χ0) is 16.1. The molecule has 0 radical (unpaired) electrons. The molecule has 8 heteroatoms. The molecule has 0 aliphatic carbocycles. The van der Waals surface area contributed by atoms with Crippen molar-refractivity contribution in [2.45, 2.75) is 31.9 Å². The van der Waals surface area contributed by atoms with Crippen molar-refractivity contribution in [3.63, 3.8) is 0 Å². The molecule has 3 aliphatic heterocycles. The molecule has 1 amide bonds. The van der Waals surface area contributed by atoms with Crippen LogP contribution >= 0.6 is 11.3 Å². The fourth-order valence-corrected chi connectivity index (χ4v) is 4.58. The maximum absolute atomic E-state index is 11.8. The van der Waals surface area contributed by atoms with Crippen LogP contribution in [0.5, 0.6) is 0 Å². The molecule has 2 aromatic heterocycles. The smallest absolute Gasteiger partial charge is 0.227 e. The van der Waals surface area contributed by atoms with Crippen LogP contribution in [0.4, 0.5) is 10.8 Å². The van der Waals surface area contributed by atoms with Gasteiger partial charge in [0.2, 0.25) is 5.91 Å². The van der Waals surface area contributed by atoms with E-state index < -0.39 is 0 Å². The highest BCUT2D eigenvalue weighted by atomic mass is 32.1. The van der Waals surface area contributed by atoms with Crippen molar-refractivity contribution < 1.29 is 9.53 Å². The second kappa shape index (κ2) is 5.56. The lowest BCUT2D eigenvalue weighted by Gasteiger charge is -2.39. The van der Waals surface area contributed by atoms with Gasteiger partial charge in [0.1, 0.15) is 0 Å². The summed E-state index contributed by atoms with van der Waals surface area (Å²) in [6.45, 7) is 4.14. The van der Waals surface area contributed by atoms with E-state index in [9.17, 15) is 4.79 Å². The molecule has 126 valence electrons. The zero-order valence-electron chi connectivity index (χ0n) is 13.3.